The topological polar surface area (TPSA) is 0 Å². The van der Waals surface area contributed by atoms with Crippen molar-refractivity contribution >= 4 is 10.9 Å². The highest BCUT2D eigenvalue weighted by Crippen LogP contribution is 2.38. The highest BCUT2D eigenvalue weighted by atomic mass is 32.2. The number of allylic oxidation sites excluding steroid dienone is 3. The van der Waals surface area contributed by atoms with Crippen molar-refractivity contribution in [2.45, 2.75) is 30.4 Å². The maximum Gasteiger partial charge on any atom is 0.160 e. The number of rotatable bonds is 2. The second-order valence-electron chi connectivity index (χ2n) is 3.95. The summed E-state index contributed by atoms with van der Waals surface area (Å²) in [4.78, 5) is 3.00. The van der Waals surface area contributed by atoms with E-state index < -0.39 is 0 Å². The van der Waals surface area contributed by atoms with Crippen LogP contribution < -0.4 is 0 Å². The van der Waals surface area contributed by atoms with Crippen LogP contribution in [0.4, 0.5) is 0 Å². The van der Waals surface area contributed by atoms with Crippen LogP contribution in [-0.4, -0.2) is 5.25 Å². The van der Waals surface area contributed by atoms with Crippen molar-refractivity contribution in [3.05, 3.63) is 53.5 Å². The molecule has 0 fully saturated rings. The highest BCUT2D eigenvalue weighted by molar-refractivity contribution is 8.01. The minimum absolute atomic E-state index is 0.298. The second kappa shape index (κ2) is 4.28. The lowest BCUT2D eigenvalue weighted by Crippen LogP contribution is -2.13. The lowest BCUT2D eigenvalue weighted by Gasteiger charge is -2.06. The third kappa shape index (κ3) is 1.89. The molecule has 2 unspecified atom stereocenters. The maximum atomic E-state index is 3.90. The molecule has 0 aromatic heterocycles. The Labute approximate surface area is 95.1 Å². The molecule has 0 aliphatic carbocycles. The summed E-state index contributed by atoms with van der Waals surface area (Å²) in [5.41, 5.74) is 1.45. The predicted octanol–water partition coefficient (Wildman–Crippen LogP) is 3.92. The minimum Gasteiger partial charge on any atom is -0.0986 e. The van der Waals surface area contributed by atoms with Crippen molar-refractivity contribution < 1.29 is 0 Å². The van der Waals surface area contributed by atoms with Crippen molar-refractivity contribution in [1.82, 2.24) is 0 Å². The van der Waals surface area contributed by atoms with Crippen molar-refractivity contribution in [3.8, 4) is 0 Å². The zero-order valence-corrected chi connectivity index (χ0v) is 10.2. The van der Waals surface area contributed by atoms with Crippen molar-refractivity contribution in [2.75, 3.05) is 0 Å². The van der Waals surface area contributed by atoms with Crippen LogP contribution in [0.5, 0.6) is 0 Å². The van der Waals surface area contributed by atoms with Crippen molar-refractivity contribution in [2.24, 2.45) is 0 Å². The SMILES string of the molecule is C=CC1=C(C)[S+](c2ccccc2)C(C)C1. The Morgan fingerprint density at radius 3 is 2.53 bits per heavy atom. The van der Waals surface area contributed by atoms with E-state index in [1.165, 1.54) is 21.8 Å². The van der Waals surface area contributed by atoms with Crippen LogP contribution in [0.25, 0.3) is 0 Å². The summed E-state index contributed by atoms with van der Waals surface area (Å²) in [6, 6.07) is 10.8. The Morgan fingerprint density at radius 2 is 2.00 bits per heavy atom. The number of benzene rings is 1. The first-order chi connectivity index (χ1) is 7.24. The van der Waals surface area contributed by atoms with Crippen LogP contribution in [0.2, 0.25) is 0 Å². The fourth-order valence-electron chi connectivity index (χ4n) is 2.18. The first kappa shape index (κ1) is 10.6. The largest absolute Gasteiger partial charge is 0.160 e. The van der Waals surface area contributed by atoms with Crippen LogP contribution in [-0.2, 0) is 10.9 Å². The molecule has 0 saturated heterocycles. The summed E-state index contributed by atoms with van der Waals surface area (Å²) in [5.74, 6) is 0. The van der Waals surface area contributed by atoms with E-state index in [2.05, 4.69) is 50.8 Å². The quantitative estimate of drug-likeness (QED) is 0.659. The Morgan fingerprint density at radius 1 is 1.33 bits per heavy atom. The van der Waals surface area contributed by atoms with E-state index in [0.29, 0.717) is 10.9 Å². The molecule has 0 bridgehead atoms. The molecule has 1 heterocycles. The summed E-state index contributed by atoms with van der Waals surface area (Å²) in [7, 11) is 0.298. The minimum atomic E-state index is 0.298. The smallest absolute Gasteiger partial charge is 0.0986 e. The van der Waals surface area contributed by atoms with Gasteiger partial charge in [0, 0.05) is 18.9 Å². The molecule has 1 aromatic carbocycles. The van der Waals surface area contributed by atoms with Gasteiger partial charge in [-0.1, -0.05) is 30.9 Å². The standard InChI is InChI=1S/C14H17S/c1-4-13-10-11(2)15(12(13)3)14-8-6-5-7-9-14/h4-9,11H,1,10H2,2-3H3/q+1. The van der Waals surface area contributed by atoms with Gasteiger partial charge in [0.05, 0.1) is 10.9 Å². The van der Waals surface area contributed by atoms with Crippen LogP contribution in [0.3, 0.4) is 0 Å². The van der Waals surface area contributed by atoms with Gasteiger partial charge in [-0.2, -0.15) is 0 Å². The molecular formula is C14H17S+. The van der Waals surface area contributed by atoms with E-state index in [1.807, 2.05) is 6.08 Å². The van der Waals surface area contributed by atoms with Crippen molar-refractivity contribution in [3.63, 3.8) is 0 Å². The van der Waals surface area contributed by atoms with Gasteiger partial charge in [0.15, 0.2) is 4.90 Å². The fraction of sp³-hybridized carbons (Fsp3) is 0.286. The van der Waals surface area contributed by atoms with Gasteiger partial charge in [0.1, 0.15) is 10.2 Å². The average molecular weight is 217 g/mol. The maximum absolute atomic E-state index is 3.90. The molecule has 0 radical (unpaired) electrons. The molecule has 0 amide bonds. The van der Waals surface area contributed by atoms with E-state index in [-0.39, 0.29) is 0 Å². The van der Waals surface area contributed by atoms with Crippen LogP contribution in [0.15, 0.2) is 58.4 Å². The van der Waals surface area contributed by atoms with Gasteiger partial charge in [-0.25, -0.2) is 0 Å². The Hall–Kier alpha value is -0.950. The first-order valence-corrected chi connectivity index (χ1v) is 6.63. The van der Waals surface area contributed by atoms with Gasteiger partial charge in [-0.3, -0.25) is 0 Å². The van der Waals surface area contributed by atoms with Crippen LogP contribution >= 0.6 is 0 Å². The normalized spacial score (nSPS) is 25.7. The highest BCUT2D eigenvalue weighted by Gasteiger charge is 2.39. The first-order valence-electron chi connectivity index (χ1n) is 5.34. The monoisotopic (exact) mass is 217 g/mol. The molecule has 1 aromatic rings. The molecular weight excluding hydrogens is 200 g/mol. The summed E-state index contributed by atoms with van der Waals surface area (Å²) in [5, 5.41) is 0.736. The van der Waals surface area contributed by atoms with E-state index in [0.717, 1.165) is 5.25 Å². The summed E-state index contributed by atoms with van der Waals surface area (Å²) >= 11 is 0. The lowest BCUT2D eigenvalue weighted by molar-refractivity contribution is 0.960. The van der Waals surface area contributed by atoms with Gasteiger partial charge in [0.25, 0.3) is 0 Å². The van der Waals surface area contributed by atoms with Crippen LogP contribution in [0.1, 0.15) is 20.3 Å². The molecule has 0 nitrogen and oxygen atoms in total. The van der Waals surface area contributed by atoms with E-state index >= 15 is 0 Å². The molecule has 15 heavy (non-hydrogen) atoms. The van der Waals surface area contributed by atoms with E-state index in [9.17, 15) is 0 Å². The molecule has 2 atom stereocenters. The second-order valence-corrected chi connectivity index (χ2v) is 6.52. The molecule has 78 valence electrons. The van der Waals surface area contributed by atoms with Gasteiger partial charge in [0.2, 0.25) is 0 Å². The van der Waals surface area contributed by atoms with Gasteiger partial charge >= 0.3 is 0 Å². The third-order valence-electron chi connectivity index (χ3n) is 2.94. The molecule has 1 heteroatoms. The Balaban J connectivity index is 2.38. The summed E-state index contributed by atoms with van der Waals surface area (Å²) in [6.07, 6.45) is 3.22. The Bertz CT molecular complexity index is 389. The summed E-state index contributed by atoms with van der Waals surface area (Å²) in [6.45, 7) is 8.51. The fourth-order valence-corrected chi connectivity index (χ4v) is 4.85. The third-order valence-corrected chi connectivity index (χ3v) is 5.61. The van der Waals surface area contributed by atoms with Gasteiger partial charge < -0.3 is 0 Å². The number of hydrogen-bond donors (Lipinski definition) is 0. The number of hydrogen-bond acceptors (Lipinski definition) is 0. The van der Waals surface area contributed by atoms with Crippen LogP contribution in [0, 0.1) is 0 Å². The Kier molecular flexibility index (Phi) is 3.01. The van der Waals surface area contributed by atoms with Gasteiger partial charge in [-0.05, 0) is 19.1 Å². The average Bonchev–Trinajstić information content (AvgIpc) is 2.55. The van der Waals surface area contributed by atoms with Crippen molar-refractivity contribution in [1.29, 1.82) is 0 Å². The zero-order chi connectivity index (χ0) is 10.8. The molecule has 1 aliphatic rings. The molecule has 2 rings (SSSR count). The molecule has 0 spiro atoms. The van der Waals surface area contributed by atoms with E-state index in [1.54, 1.807) is 0 Å². The zero-order valence-electron chi connectivity index (χ0n) is 9.36. The predicted molar refractivity (Wildman–Crippen MR) is 69.0 cm³/mol. The molecule has 1 aliphatic heterocycles. The van der Waals surface area contributed by atoms with Gasteiger partial charge in [-0.15, -0.1) is 0 Å². The molecule has 0 N–H and O–H groups in total. The summed E-state index contributed by atoms with van der Waals surface area (Å²) < 4.78 is 0. The van der Waals surface area contributed by atoms with E-state index in [4.69, 9.17) is 0 Å². The lowest BCUT2D eigenvalue weighted by atomic mass is 10.1. The molecule has 0 saturated carbocycles.